The van der Waals surface area contributed by atoms with E-state index >= 15 is 0 Å². The highest BCUT2D eigenvalue weighted by molar-refractivity contribution is 9.10. The monoisotopic (exact) mass is 381 g/mol. The van der Waals surface area contributed by atoms with Gasteiger partial charge in [0.25, 0.3) is 0 Å². The second-order valence-electron chi connectivity index (χ2n) is 5.58. The molecule has 3 rings (SSSR count). The molecular formula is C16H17BrClN3O. The predicted molar refractivity (Wildman–Crippen MR) is 91.7 cm³/mol. The minimum atomic E-state index is -0.259. The van der Waals surface area contributed by atoms with Gasteiger partial charge in [-0.3, -0.25) is 4.79 Å². The highest BCUT2D eigenvalue weighted by atomic mass is 79.9. The van der Waals surface area contributed by atoms with Gasteiger partial charge in [-0.15, -0.1) is 0 Å². The molecule has 6 heteroatoms. The molecule has 116 valence electrons. The Labute approximate surface area is 143 Å². The van der Waals surface area contributed by atoms with E-state index in [0.717, 1.165) is 29.3 Å². The molecular weight excluding hydrogens is 366 g/mol. The summed E-state index contributed by atoms with van der Waals surface area (Å²) in [5.41, 5.74) is 0.989. The third-order valence-corrected chi connectivity index (χ3v) is 4.95. The molecule has 0 spiro atoms. The van der Waals surface area contributed by atoms with Crippen LogP contribution in [0.5, 0.6) is 0 Å². The highest BCUT2D eigenvalue weighted by Gasteiger charge is 2.32. The summed E-state index contributed by atoms with van der Waals surface area (Å²) in [5, 5.41) is 6.78. The fraction of sp³-hybridized carbons (Fsp3) is 0.375. The van der Waals surface area contributed by atoms with Crippen molar-refractivity contribution in [3.05, 3.63) is 46.7 Å². The first-order chi connectivity index (χ1) is 10.6. The van der Waals surface area contributed by atoms with Crippen molar-refractivity contribution in [1.29, 1.82) is 0 Å². The Kier molecular flexibility index (Phi) is 4.84. The van der Waals surface area contributed by atoms with Crippen LogP contribution in [0.4, 0.5) is 0 Å². The minimum absolute atomic E-state index is 0.0945. The van der Waals surface area contributed by atoms with Crippen LogP contribution in [-0.2, 0) is 4.79 Å². The van der Waals surface area contributed by atoms with Crippen LogP contribution in [0.1, 0.15) is 30.9 Å². The molecule has 1 saturated carbocycles. The van der Waals surface area contributed by atoms with Crippen molar-refractivity contribution in [3.8, 4) is 0 Å². The topological polar surface area (TPSA) is 53.5 Å². The van der Waals surface area contributed by atoms with Crippen LogP contribution in [0.2, 0.25) is 0 Å². The molecule has 2 aliphatic rings. The molecule has 0 radical (unpaired) electrons. The number of aliphatic imine (C=N–C) groups is 1. The van der Waals surface area contributed by atoms with Crippen molar-refractivity contribution < 1.29 is 4.79 Å². The maximum atomic E-state index is 12.4. The molecule has 1 heterocycles. The van der Waals surface area contributed by atoms with E-state index < -0.39 is 0 Å². The lowest BCUT2D eigenvalue weighted by atomic mass is 9.84. The summed E-state index contributed by atoms with van der Waals surface area (Å²) in [6.45, 7) is 0. The van der Waals surface area contributed by atoms with Crippen LogP contribution in [0.15, 0.2) is 46.1 Å². The lowest BCUT2D eigenvalue weighted by Crippen LogP contribution is -2.48. The van der Waals surface area contributed by atoms with E-state index in [2.05, 4.69) is 31.6 Å². The van der Waals surface area contributed by atoms with Gasteiger partial charge in [-0.25, -0.2) is 4.99 Å². The Balaban J connectivity index is 1.86. The lowest BCUT2D eigenvalue weighted by molar-refractivity contribution is -0.128. The first kappa shape index (κ1) is 15.6. The van der Waals surface area contributed by atoms with Gasteiger partial charge in [-0.1, -0.05) is 46.1 Å². The zero-order valence-electron chi connectivity index (χ0n) is 11.9. The lowest BCUT2D eigenvalue weighted by Gasteiger charge is -2.32. The molecule has 1 aliphatic carbocycles. The Morgan fingerprint density at radius 2 is 2.27 bits per heavy atom. The molecule has 2 atom stereocenters. The SMILES string of the molecule is O=C(NC(c1cccc(Br)c1)C1NC=CN=C1Cl)C1CCC1. The molecule has 1 aromatic carbocycles. The van der Waals surface area contributed by atoms with Gasteiger partial charge in [0.1, 0.15) is 11.2 Å². The molecule has 0 aromatic heterocycles. The van der Waals surface area contributed by atoms with Crippen molar-refractivity contribution >= 4 is 38.6 Å². The summed E-state index contributed by atoms with van der Waals surface area (Å²) >= 11 is 9.73. The van der Waals surface area contributed by atoms with E-state index in [1.165, 1.54) is 0 Å². The minimum Gasteiger partial charge on any atom is -0.378 e. The summed E-state index contributed by atoms with van der Waals surface area (Å²) < 4.78 is 0.965. The van der Waals surface area contributed by atoms with Crippen molar-refractivity contribution in [2.75, 3.05) is 0 Å². The maximum absolute atomic E-state index is 12.4. The first-order valence-electron chi connectivity index (χ1n) is 7.35. The summed E-state index contributed by atoms with van der Waals surface area (Å²) in [7, 11) is 0. The van der Waals surface area contributed by atoms with E-state index in [1.807, 2.05) is 24.3 Å². The third-order valence-electron chi connectivity index (χ3n) is 4.12. The number of nitrogens with zero attached hydrogens (tertiary/aromatic N) is 1. The highest BCUT2D eigenvalue weighted by Crippen LogP contribution is 2.29. The number of amides is 1. The second-order valence-corrected chi connectivity index (χ2v) is 6.88. The molecule has 2 unspecified atom stereocenters. The van der Waals surface area contributed by atoms with E-state index in [9.17, 15) is 4.79 Å². The average molecular weight is 383 g/mol. The number of halogens is 2. The number of carbonyl (C=O) groups is 1. The Bertz CT molecular complexity index is 628. The summed E-state index contributed by atoms with van der Waals surface area (Å²) in [5.74, 6) is 0.224. The standard InChI is InChI=1S/C16H17BrClN3O/c17-12-6-2-5-11(9-12)13(14-15(18)20-8-7-19-14)21-16(22)10-3-1-4-10/h2,5-10,13-14,19H,1,3-4H2,(H,21,22). The quantitative estimate of drug-likeness (QED) is 0.837. The molecule has 1 fully saturated rings. The molecule has 2 N–H and O–H groups in total. The van der Waals surface area contributed by atoms with E-state index in [1.54, 1.807) is 12.4 Å². The van der Waals surface area contributed by atoms with Crippen molar-refractivity contribution in [2.45, 2.75) is 31.3 Å². The largest absolute Gasteiger partial charge is 0.378 e. The van der Waals surface area contributed by atoms with Gasteiger partial charge in [0.15, 0.2) is 0 Å². The van der Waals surface area contributed by atoms with Gasteiger partial charge >= 0.3 is 0 Å². The van der Waals surface area contributed by atoms with Gasteiger partial charge in [0, 0.05) is 22.8 Å². The van der Waals surface area contributed by atoms with Gasteiger partial charge < -0.3 is 10.6 Å². The smallest absolute Gasteiger partial charge is 0.223 e. The van der Waals surface area contributed by atoms with Crippen molar-refractivity contribution in [1.82, 2.24) is 10.6 Å². The first-order valence-corrected chi connectivity index (χ1v) is 8.52. The van der Waals surface area contributed by atoms with Crippen molar-refractivity contribution in [3.63, 3.8) is 0 Å². The van der Waals surface area contributed by atoms with E-state index in [-0.39, 0.29) is 23.9 Å². The van der Waals surface area contributed by atoms with E-state index in [4.69, 9.17) is 11.6 Å². The van der Waals surface area contributed by atoms with Gasteiger partial charge in [0.05, 0.1) is 6.04 Å². The number of hydrogen-bond acceptors (Lipinski definition) is 3. The fourth-order valence-electron chi connectivity index (χ4n) is 2.64. The second kappa shape index (κ2) is 6.84. The summed E-state index contributed by atoms with van der Waals surface area (Å²) in [6, 6.07) is 7.37. The zero-order chi connectivity index (χ0) is 15.5. The number of carbonyl (C=O) groups excluding carboxylic acids is 1. The van der Waals surface area contributed by atoms with Crippen LogP contribution in [0, 0.1) is 5.92 Å². The van der Waals surface area contributed by atoms with Gasteiger partial charge in [0.2, 0.25) is 5.91 Å². The Hall–Kier alpha value is -1.33. The zero-order valence-corrected chi connectivity index (χ0v) is 14.3. The van der Waals surface area contributed by atoms with Crippen LogP contribution in [-0.4, -0.2) is 17.1 Å². The Morgan fingerprint density at radius 1 is 1.45 bits per heavy atom. The molecule has 1 aromatic rings. The Morgan fingerprint density at radius 3 is 2.91 bits per heavy atom. The molecule has 0 bridgehead atoms. The number of nitrogens with one attached hydrogen (secondary N) is 2. The van der Waals surface area contributed by atoms with E-state index in [0.29, 0.717) is 5.17 Å². The van der Waals surface area contributed by atoms with Crippen LogP contribution in [0.3, 0.4) is 0 Å². The average Bonchev–Trinajstić information content (AvgIpc) is 2.44. The normalized spacial score (nSPS) is 22.3. The van der Waals surface area contributed by atoms with Gasteiger partial charge in [-0.2, -0.15) is 0 Å². The number of benzene rings is 1. The molecule has 4 nitrogen and oxygen atoms in total. The van der Waals surface area contributed by atoms with Crippen LogP contribution in [0.25, 0.3) is 0 Å². The molecule has 1 amide bonds. The fourth-order valence-corrected chi connectivity index (χ4v) is 3.30. The van der Waals surface area contributed by atoms with Crippen LogP contribution >= 0.6 is 27.5 Å². The molecule has 0 saturated heterocycles. The maximum Gasteiger partial charge on any atom is 0.223 e. The summed E-state index contributed by atoms with van der Waals surface area (Å²) in [6.07, 6.45) is 6.43. The predicted octanol–water partition coefficient (Wildman–Crippen LogP) is 3.49. The summed E-state index contributed by atoms with van der Waals surface area (Å²) in [4.78, 5) is 16.5. The molecule has 22 heavy (non-hydrogen) atoms. The molecule has 1 aliphatic heterocycles. The van der Waals surface area contributed by atoms with Gasteiger partial charge in [-0.05, 0) is 30.5 Å². The van der Waals surface area contributed by atoms with Crippen molar-refractivity contribution in [2.24, 2.45) is 10.9 Å². The van der Waals surface area contributed by atoms with Crippen LogP contribution < -0.4 is 10.6 Å². The number of rotatable bonds is 4. The number of hydrogen-bond donors (Lipinski definition) is 2. The third kappa shape index (κ3) is 3.36.